The van der Waals surface area contributed by atoms with Crippen LogP contribution in [0.15, 0.2) is 77.7 Å². The lowest BCUT2D eigenvalue weighted by atomic mass is 10.1. The highest BCUT2D eigenvalue weighted by Crippen LogP contribution is 2.39. The van der Waals surface area contributed by atoms with Crippen LogP contribution in [0.25, 0.3) is 21.7 Å². The molecule has 0 unspecified atom stereocenters. The number of carbonyl (C=O) groups is 1. The van der Waals surface area contributed by atoms with Gasteiger partial charge in [0.1, 0.15) is 0 Å². The number of hydrogen-bond acceptors (Lipinski definition) is 5. The molecule has 9 heteroatoms. The molecule has 0 aliphatic carbocycles. The highest BCUT2D eigenvalue weighted by molar-refractivity contribution is 7.89. The minimum Gasteiger partial charge on any atom is -0.298 e. The summed E-state index contributed by atoms with van der Waals surface area (Å²) in [7, 11) is -3.83. The van der Waals surface area contributed by atoms with E-state index in [0.717, 1.165) is 21.6 Å². The molecule has 32 heavy (non-hydrogen) atoms. The van der Waals surface area contributed by atoms with Crippen molar-refractivity contribution in [2.45, 2.75) is 11.8 Å². The number of amides is 1. The van der Waals surface area contributed by atoms with Crippen molar-refractivity contribution in [2.75, 3.05) is 5.32 Å². The molecule has 162 valence electrons. The van der Waals surface area contributed by atoms with E-state index in [-0.39, 0.29) is 10.5 Å². The van der Waals surface area contributed by atoms with Gasteiger partial charge in [-0.2, -0.15) is 0 Å². The van der Waals surface area contributed by atoms with E-state index in [9.17, 15) is 13.2 Å². The van der Waals surface area contributed by atoms with Crippen molar-refractivity contribution >= 4 is 44.0 Å². The Hall–Kier alpha value is -3.04. The zero-order valence-electron chi connectivity index (χ0n) is 16.9. The van der Waals surface area contributed by atoms with E-state index in [4.69, 9.17) is 16.7 Å². The van der Waals surface area contributed by atoms with Crippen molar-refractivity contribution in [3.05, 3.63) is 88.9 Å². The lowest BCUT2D eigenvalue weighted by Crippen LogP contribution is -2.14. The topological polar surface area (TPSA) is 102 Å². The molecule has 0 aliphatic rings. The fourth-order valence-corrected chi connectivity index (χ4v) is 4.76. The van der Waals surface area contributed by atoms with Gasteiger partial charge in [-0.15, -0.1) is 0 Å². The first-order valence-corrected chi connectivity index (χ1v) is 12.2. The van der Waals surface area contributed by atoms with Crippen LogP contribution in [0.3, 0.4) is 0 Å². The van der Waals surface area contributed by atoms with Crippen LogP contribution in [0.4, 0.5) is 5.13 Å². The predicted octanol–water partition coefficient (Wildman–Crippen LogP) is 5.34. The summed E-state index contributed by atoms with van der Waals surface area (Å²) in [6, 6.07) is 20.8. The van der Waals surface area contributed by atoms with Crippen molar-refractivity contribution in [2.24, 2.45) is 5.14 Å². The third-order valence-electron chi connectivity index (χ3n) is 4.70. The molecule has 4 rings (SSSR count). The Bertz CT molecular complexity index is 1400. The fourth-order valence-electron chi connectivity index (χ4n) is 3.07. The summed E-state index contributed by atoms with van der Waals surface area (Å²) in [6.45, 7) is 2.02. The Morgan fingerprint density at radius 3 is 2.31 bits per heavy atom. The van der Waals surface area contributed by atoms with Gasteiger partial charge >= 0.3 is 0 Å². The Kier molecular flexibility index (Phi) is 6.12. The molecule has 0 spiro atoms. The number of carbonyl (C=O) groups excluding carboxylic acids is 1. The number of nitrogens with two attached hydrogens (primary N) is 1. The van der Waals surface area contributed by atoms with Crippen molar-refractivity contribution in [3.63, 3.8) is 0 Å². The molecule has 0 atom stereocenters. The van der Waals surface area contributed by atoms with E-state index >= 15 is 0 Å². The lowest BCUT2D eigenvalue weighted by Gasteiger charge is -2.04. The summed E-state index contributed by atoms with van der Waals surface area (Å²) >= 11 is 7.53. The second-order valence-electron chi connectivity index (χ2n) is 7.10. The van der Waals surface area contributed by atoms with E-state index in [1.165, 1.54) is 35.6 Å². The van der Waals surface area contributed by atoms with Crippen LogP contribution < -0.4 is 10.5 Å². The first-order valence-electron chi connectivity index (χ1n) is 9.49. The molecule has 0 saturated heterocycles. The second kappa shape index (κ2) is 8.84. The van der Waals surface area contributed by atoms with Gasteiger partial charge in [-0.1, -0.05) is 64.9 Å². The number of anilines is 1. The van der Waals surface area contributed by atoms with Gasteiger partial charge in [0.2, 0.25) is 10.0 Å². The maximum Gasteiger partial charge on any atom is 0.257 e. The van der Waals surface area contributed by atoms with Crippen LogP contribution in [0.1, 0.15) is 15.9 Å². The molecule has 1 heterocycles. The smallest absolute Gasteiger partial charge is 0.257 e. The minimum atomic E-state index is -3.83. The molecule has 0 radical (unpaired) electrons. The number of primary sulfonamides is 1. The molecule has 6 nitrogen and oxygen atoms in total. The van der Waals surface area contributed by atoms with Crippen molar-refractivity contribution in [1.29, 1.82) is 0 Å². The molecule has 3 N–H and O–H groups in total. The van der Waals surface area contributed by atoms with Gasteiger partial charge in [0.05, 0.1) is 15.5 Å². The van der Waals surface area contributed by atoms with Gasteiger partial charge in [-0.25, -0.2) is 18.5 Å². The SMILES string of the molecule is Cc1ccc(-c2sc(NC(=O)c3ccc(S(N)(=O)=O)cc3)nc2-c2cccc(Cl)c2)cc1. The summed E-state index contributed by atoms with van der Waals surface area (Å²) in [5.74, 6) is -0.409. The monoisotopic (exact) mass is 483 g/mol. The van der Waals surface area contributed by atoms with Gasteiger partial charge in [0.15, 0.2) is 5.13 Å². The molecule has 1 amide bonds. The number of thiazole rings is 1. The van der Waals surface area contributed by atoms with Crippen LogP contribution in [0, 0.1) is 6.92 Å². The van der Waals surface area contributed by atoms with Gasteiger partial charge in [0, 0.05) is 16.1 Å². The second-order valence-corrected chi connectivity index (χ2v) is 10.1. The number of sulfonamides is 1. The van der Waals surface area contributed by atoms with Crippen molar-refractivity contribution in [3.8, 4) is 21.7 Å². The number of aromatic nitrogens is 1. The van der Waals surface area contributed by atoms with Gasteiger partial charge in [-0.05, 0) is 48.9 Å². The number of halogens is 1. The van der Waals surface area contributed by atoms with Crippen LogP contribution >= 0.6 is 22.9 Å². The summed E-state index contributed by atoms with van der Waals surface area (Å²) in [6.07, 6.45) is 0. The van der Waals surface area contributed by atoms with E-state index in [1.54, 1.807) is 6.07 Å². The predicted molar refractivity (Wildman–Crippen MR) is 129 cm³/mol. The van der Waals surface area contributed by atoms with E-state index in [2.05, 4.69) is 10.3 Å². The normalized spacial score (nSPS) is 11.3. The van der Waals surface area contributed by atoms with E-state index < -0.39 is 15.9 Å². The van der Waals surface area contributed by atoms with Crippen molar-refractivity contribution < 1.29 is 13.2 Å². The quantitative estimate of drug-likeness (QED) is 0.400. The largest absolute Gasteiger partial charge is 0.298 e. The van der Waals surface area contributed by atoms with Gasteiger partial charge in [0.25, 0.3) is 5.91 Å². The molecule has 0 aliphatic heterocycles. The first kappa shape index (κ1) is 22.2. The standard InChI is InChI=1S/C23H18ClN3O3S2/c1-14-5-7-15(8-6-14)21-20(17-3-2-4-18(24)13-17)26-23(31-21)27-22(28)16-9-11-19(12-10-16)32(25,29)30/h2-13H,1H3,(H2,25,29,30)(H,26,27,28). The highest BCUT2D eigenvalue weighted by Gasteiger charge is 2.18. The Balaban J connectivity index is 1.69. The van der Waals surface area contributed by atoms with Crippen LogP contribution in [0.2, 0.25) is 5.02 Å². The molecule has 0 fully saturated rings. The maximum atomic E-state index is 12.7. The van der Waals surface area contributed by atoms with Gasteiger partial charge < -0.3 is 0 Å². The zero-order valence-corrected chi connectivity index (χ0v) is 19.3. The minimum absolute atomic E-state index is 0.0619. The maximum absolute atomic E-state index is 12.7. The van der Waals surface area contributed by atoms with Crippen LogP contribution in [-0.4, -0.2) is 19.3 Å². The zero-order chi connectivity index (χ0) is 22.9. The van der Waals surface area contributed by atoms with E-state index in [0.29, 0.717) is 15.8 Å². The third kappa shape index (κ3) is 4.89. The Morgan fingerprint density at radius 2 is 1.69 bits per heavy atom. The number of rotatable bonds is 5. The van der Waals surface area contributed by atoms with Crippen LogP contribution in [-0.2, 0) is 10.0 Å². The number of nitrogens with zero attached hydrogens (tertiary/aromatic N) is 1. The highest BCUT2D eigenvalue weighted by atomic mass is 35.5. The number of benzene rings is 3. The van der Waals surface area contributed by atoms with Crippen LogP contribution in [0.5, 0.6) is 0 Å². The molecule has 1 aromatic heterocycles. The Labute approximate surface area is 194 Å². The number of aryl methyl sites for hydroxylation is 1. The molecular formula is C23H18ClN3O3S2. The average Bonchev–Trinajstić information content (AvgIpc) is 3.17. The third-order valence-corrected chi connectivity index (χ3v) is 6.89. The molecular weight excluding hydrogens is 466 g/mol. The molecule has 0 saturated carbocycles. The summed E-state index contributed by atoms with van der Waals surface area (Å²) in [4.78, 5) is 18.2. The lowest BCUT2D eigenvalue weighted by molar-refractivity contribution is 0.102. The Morgan fingerprint density at radius 1 is 1.00 bits per heavy atom. The number of hydrogen-bond donors (Lipinski definition) is 2. The number of nitrogens with one attached hydrogen (secondary N) is 1. The summed E-state index contributed by atoms with van der Waals surface area (Å²) in [5, 5.41) is 8.91. The summed E-state index contributed by atoms with van der Waals surface area (Å²) in [5.41, 5.74) is 3.94. The summed E-state index contributed by atoms with van der Waals surface area (Å²) < 4.78 is 22.8. The fraction of sp³-hybridized carbons (Fsp3) is 0.0435. The first-order chi connectivity index (χ1) is 15.2. The van der Waals surface area contributed by atoms with Gasteiger partial charge in [-0.3, -0.25) is 10.1 Å². The molecule has 3 aromatic carbocycles. The van der Waals surface area contributed by atoms with Crippen molar-refractivity contribution in [1.82, 2.24) is 4.98 Å². The average molecular weight is 484 g/mol. The van der Waals surface area contributed by atoms with E-state index in [1.807, 2.05) is 49.4 Å². The molecule has 0 bridgehead atoms. The molecule has 4 aromatic rings.